The highest BCUT2D eigenvalue weighted by Gasteiger charge is 1.99. The van der Waals surface area contributed by atoms with Crippen LogP contribution in [-0.2, 0) is 0 Å². The van der Waals surface area contributed by atoms with E-state index in [0.717, 1.165) is 12.0 Å². The van der Waals surface area contributed by atoms with Crippen molar-refractivity contribution in [3.63, 3.8) is 0 Å². The molecule has 10 heavy (non-hydrogen) atoms. The van der Waals surface area contributed by atoms with Crippen molar-refractivity contribution >= 4 is 0 Å². The molecular formula is C8H16N2. The first-order valence-corrected chi connectivity index (χ1v) is 3.47. The molecule has 2 heteroatoms. The van der Waals surface area contributed by atoms with Gasteiger partial charge in [-0.05, 0) is 13.3 Å². The summed E-state index contributed by atoms with van der Waals surface area (Å²) in [5, 5.41) is 0. The Morgan fingerprint density at radius 1 is 1.70 bits per heavy atom. The van der Waals surface area contributed by atoms with Crippen LogP contribution in [0.5, 0.6) is 0 Å². The molecule has 0 aliphatic rings. The van der Waals surface area contributed by atoms with Crippen LogP contribution in [0.2, 0.25) is 0 Å². The SMILES string of the molecule is C=C/C(=C\C)CC(N)CN. The summed E-state index contributed by atoms with van der Waals surface area (Å²) >= 11 is 0. The topological polar surface area (TPSA) is 52.0 Å². The Balaban J connectivity index is 3.75. The molecule has 0 radical (unpaired) electrons. The minimum Gasteiger partial charge on any atom is -0.329 e. The molecule has 0 saturated carbocycles. The molecular weight excluding hydrogens is 124 g/mol. The number of hydrogen-bond acceptors (Lipinski definition) is 2. The molecule has 0 aromatic carbocycles. The van der Waals surface area contributed by atoms with Gasteiger partial charge in [-0.1, -0.05) is 24.3 Å². The van der Waals surface area contributed by atoms with Gasteiger partial charge < -0.3 is 11.5 Å². The van der Waals surface area contributed by atoms with Gasteiger partial charge in [0.1, 0.15) is 0 Å². The van der Waals surface area contributed by atoms with Gasteiger partial charge in [0.05, 0.1) is 0 Å². The van der Waals surface area contributed by atoms with E-state index in [-0.39, 0.29) is 6.04 Å². The summed E-state index contributed by atoms with van der Waals surface area (Å²) in [5.41, 5.74) is 12.1. The normalized spacial score (nSPS) is 14.9. The summed E-state index contributed by atoms with van der Waals surface area (Å²) in [6, 6.07) is 0.0733. The molecule has 0 aromatic rings. The van der Waals surface area contributed by atoms with Gasteiger partial charge >= 0.3 is 0 Å². The molecule has 0 fully saturated rings. The summed E-state index contributed by atoms with van der Waals surface area (Å²) in [6.07, 6.45) is 4.65. The van der Waals surface area contributed by atoms with E-state index in [0.29, 0.717) is 6.54 Å². The third kappa shape index (κ3) is 3.43. The third-order valence-electron chi connectivity index (χ3n) is 1.43. The minimum absolute atomic E-state index is 0.0733. The smallest absolute Gasteiger partial charge is 0.0203 e. The fraction of sp³-hybridized carbons (Fsp3) is 0.500. The Morgan fingerprint density at radius 3 is 2.60 bits per heavy atom. The zero-order chi connectivity index (χ0) is 7.98. The highest BCUT2D eigenvalue weighted by molar-refractivity contribution is 5.16. The van der Waals surface area contributed by atoms with Crippen LogP contribution in [0.25, 0.3) is 0 Å². The Bertz CT molecular complexity index is 127. The molecule has 0 heterocycles. The molecule has 0 aromatic heterocycles. The van der Waals surface area contributed by atoms with Gasteiger partial charge in [-0.3, -0.25) is 0 Å². The lowest BCUT2D eigenvalue weighted by Crippen LogP contribution is -2.29. The van der Waals surface area contributed by atoms with Crippen molar-refractivity contribution in [2.24, 2.45) is 11.5 Å². The molecule has 0 rings (SSSR count). The molecule has 0 saturated heterocycles. The van der Waals surface area contributed by atoms with Crippen LogP contribution in [0, 0.1) is 0 Å². The standard InChI is InChI=1S/C8H16N2/c1-3-7(4-2)5-8(10)6-9/h3-4,8H,1,5-6,9-10H2,2H3/b7-4+. The largest absolute Gasteiger partial charge is 0.329 e. The van der Waals surface area contributed by atoms with Crippen molar-refractivity contribution < 1.29 is 0 Å². The number of allylic oxidation sites excluding steroid dienone is 2. The van der Waals surface area contributed by atoms with Crippen LogP contribution in [0.15, 0.2) is 24.3 Å². The van der Waals surface area contributed by atoms with Crippen LogP contribution >= 0.6 is 0 Å². The van der Waals surface area contributed by atoms with E-state index < -0.39 is 0 Å². The van der Waals surface area contributed by atoms with E-state index >= 15 is 0 Å². The molecule has 0 aliphatic carbocycles. The molecule has 1 unspecified atom stereocenters. The summed E-state index contributed by atoms with van der Waals surface area (Å²) in [5.74, 6) is 0. The molecule has 58 valence electrons. The van der Waals surface area contributed by atoms with Crippen LogP contribution in [0.3, 0.4) is 0 Å². The average molecular weight is 140 g/mol. The van der Waals surface area contributed by atoms with Gasteiger partial charge in [-0.2, -0.15) is 0 Å². The Morgan fingerprint density at radius 2 is 2.30 bits per heavy atom. The second-order valence-corrected chi connectivity index (χ2v) is 2.27. The average Bonchev–Trinajstić information content (AvgIpc) is 1.99. The maximum Gasteiger partial charge on any atom is 0.0203 e. The van der Waals surface area contributed by atoms with E-state index in [9.17, 15) is 0 Å². The van der Waals surface area contributed by atoms with Crippen LogP contribution in [0.4, 0.5) is 0 Å². The molecule has 0 amide bonds. The summed E-state index contributed by atoms with van der Waals surface area (Å²) in [7, 11) is 0. The first-order chi connectivity index (χ1) is 4.74. The van der Waals surface area contributed by atoms with Crippen LogP contribution in [0.1, 0.15) is 13.3 Å². The number of hydrogen-bond donors (Lipinski definition) is 2. The summed E-state index contributed by atoms with van der Waals surface area (Å²) in [4.78, 5) is 0. The molecule has 0 spiro atoms. The first kappa shape index (κ1) is 9.40. The maximum absolute atomic E-state index is 5.61. The monoisotopic (exact) mass is 140 g/mol. The van der Waals surface area contributed by atoms with E-state index in [2.05, 4.69) is 6.58 Å². The molecule has 4 N–H and O–H groups in total. The second-order valence-electron chi connectivity index (χ2n) is 2.27. The van der Waals surface area contributed by atoms with Gasteiger partial charge in [-0.15, -0.1) is 0 Å². The Labute approximate surface area is 62.6 Å². The fourth-order valence-electron chi connectivity index (χ4n) is 0.705. The summed E-state index contributed by atoms with van der Waals surface area (Å²) < 4.78 is 0. The lowest BCUT2D eigenvalue weighted by Gasteiger charge is -2.07. The van der Waals surface area contributed by atoms with Crippen molar-refractivity contribution in [2.45, 2.75) is 19.4 Å². The van der Waals surface area contributed by atoms with Gasteiger partial charge in [0.15, 0.2) is 0 Å². The van der Waals surface area contributed by atoms with Crippen molar-refractivity contribution in [2.75, 3.05) is 6.54 Å². The zero-order valence-corrected chi connectivity index (χ0v) is 6.51. The van der Waals surface area contributed by atoms with Gasteiger partial charge in [-0.25, -0.2) is 0 Å². The quantitative estimate of drug-likeness (QED) is 0.567. The van der Waals surface area contributed by atoms with E-state index in [1.807, 2.05) is 19.1 Å². The lowest BCUT2D eigenvalue weighted by molar-refractivity contribution is 0.680. The predicted octanol–water partition coefficient (Wildman–Crippen LogP) is 0.795. The van der Waals surface area contributed by atoms with Crippen molar-refractivity contribution in [3.05, 3.63) is 24.3 Å². The maximum atomic E-state index is 5.61. The van der Waals surface area contributed by atoms with Crippen LogP contribution in [-0.4, -0.2) is 12.6 Å². The van der Waals surface area contributed by atoms with Crippen molar-refractivity contribution in [1.29, 1.82) is 0 Å². The molecule has 0 aliphatic heterocycles. The second kappa shape index (κ2) is 5.21. The number of nitrogens with two attached hydrogens (primary N) is 2. The predicted molar refractivity (Wildman–Crippen MR) is 45.6 cm³/mol. The van der Waals surface area contributed by atoms with Gasteiger partial charge in [0.25, 0.3) is 0 Å². The molecule has 2 nitrogen and oxygen atoms in total. The zero-order valence-electron chi connectivity index (χ0n) is 6.51. The molecule has 0 bridgehead atoms. The Kier molecular flexibility index (Phi) is 4.89. The lowest BCUT2D eigenvalue weighted by atomic mass is 10.1. The fourth-order valence-corrected chi connectivity index (χ4v) is 0.705. The van der Waals surface area contributed by atoms with Gasteiger partial charge in [0.2, 0.25) is 0 Å². The Hall–Kier alpha value is -0.600. The van der Waals surface area contributed by atoms with Crippen LogP contribution < -0.4 is 11.5 Å². The van der Waals surface area contributed by atoms with Crippen molar-refractivity contribution in [1.82, 2.24) is 0 Å². The van der Waals surface area contributed by atoms with E-state index in [1.54, 1.807) is 0 Å². The third-order valence-corrected chi connectivity index (χ3v) is 1.43. The molecule has 1 atom stereocenters. The highest BCUT2D eigenvalue weighted by Crippen LogP contribution is 2.03. The number of rotatable bonds is 4. The van der Waals surface area contributed by atoms with E-state index in [4.69, 9.17) is 11.5 Å². The first-order valence-electron chi connectivity index (χ1n) is 3.47. The minimum atomic E-state index is 0.0733. The highest BCUT2D eigenvalue weighted by atomic mass is 14.7. The summed E-state index contributed by atoms with van der Waals surface area (Å²) in [6.45, 7) is 6.16. The van der Waals surface area contributed by atoms with E-state index in [1.165, 1.54) is 0 Å². The van der Waals surface area contributed by atoms with Gasteiger partial charge in [0, 0.05) is 12.6 Å². The van der Waals surface area contributed by atoms with Crippen molar-refractivity contribution in [3.8, 4) is 0 Å².